The summed E-state index contributed by atoms with van der Waals surface area (Å²) in [6.07, 6.45) is 7.56. The van der Waals surface area contributed by atoms with Crippen molar-refractivity contribution in [1.29, 1.82) is 0 Å². The Labute approximate surface area is 185 Å². The Morgan fingerprint density at radius 3 is 2.56 bits per heavy atom. The van der Waals surface area contributed by atoms with Crippen LogP contribution < -0.4 is 21.7 Å². The van der Waals surface area contributed by atoms with E-state index in [0.717, 1.165) is 42.5 Å². The number of nitrogens with two attached hydrogens (primary N) is 1. The van der Waals surface area contributed by atoms with Crippen LogP contribution in [0.2, 0.25) is 0 Å². The number of nitrogens with one attached hydrogen (secondary N) is 3. The largest absolute Gasteiger partial charge is 0.383 e. The Morgan fingerprint density at radius 2 is 1.94 bits per heavy atom. The van der Waals surface area contributed by atoms with Gasteiger partial charge in [-0.2, -0.15) is 9.61 Å². The van der Waals surface area contributed by atoms with Crippen molar-refractivity contribution in [2.45, 2.75) is 50.6 Å². The summed E-state index contributed by atoms with van der Waals surface area (Å²) >= 11 is 0. The molecule has 2 fully saturated rings. The van der Waals surface area contributed by atoms with Crippen LogP contribution in [0.4, 0.5) is 16.4 Å². The van der Waals surface area contributed by atoms with Gasteiger partial charge in [0.25, 0.3) is 0 Å². The summed E-state index contributed by atoms with van der Waals surface area (Å²) in [6.45, 7) is 1.53. The van der Waals surface area contributed by atoms with Crippen LogP contribution in [0, 0.1) is 0 Å². The lowest BCUT2D eigenvalue weighted by molar-refractivity contribution is 0.101. The van der Waals surface area contributed by atoms with Crippen molar-refractivity contribution in [3.8, 4) is 11.1 Å². The van der Waals surface area contributed by atoms with Gasteiger partial charge in [0.2, 0.25) is 0 Å². The lowest BCUT2D eigenvalue weighted by Crippen LogP contribution is -2.38. The molecule has 0 spiro atoms. The average Bonchev–Trinajstić information content (AvgIpc) is 3.36. The molecule has 2 aliphatic rings. The highest BCUT2D eigenvalue weighted by Crippen LogP contribution is 2.39. The molecule has 0 unspecified atom stereocenters. The number of carbonyl (C=O) groups is 2. The molecule has 0 radical (unpaired) electrons. The third-order valence-corrected chi connectivity index (χ3v) is 6.47. The van der Waals surface area contributed by atoms with Crippen molar-refractivity contribution in [3.63, 3.8) is 0 Å². The van der Waals surface area contributed by atoms with Gasteiger partial charge in [-0.1, -0.05) is 0 Å². The molecular formula is C22H26N8O2. The number of hydrogen-bond donors (Lipinski definition) is 4. The third kappa shape index (κ3) is 3.46. The SMILES string of the molecule is CNC(=O)Nc1ccc(-c2cnn3c(N)c(C(C)=O)c([C@@H]4C[C@H]5CC[C@@H](C4)N5)nc23)cn1. The third-order valence-electron chi connectivity index (χ3n) is 6.47. The van der Waals surface area contributed by atoms with Gasteiger partial charge in [0.05, 0.1) is 17.5 Å². The average molecular weight is 435 g/mol. The van der Waals surface area contributed by atoms with E-state index < -0.39 is 0 Å². The zero-order chi connectivity index (χ0) is 22.4. The van der Waals surface area contributed by atoms with E-state index in [1.165, 1.54) is 11.4 Å². The van der Waals surface area contributed by atoms with Crippen molar-refractivity contribution in [2.24, 2.45) is 0 Å². The lowest BCUT2D eigenvalue weighted by Gasteiger charge is -2.30. The molecule has 3 aromatic heterocycles. The van der Waals surface area contributed by atoms with Crippen molar-refractivity contribution in [3.05, 3.63) is 35.8 Å². The molecular weight excluding hydrogens is 408 g/mol. The number of amides is 2. The molecule has 2 amide bonds. The standard InChI is InChI=1S/C22H26N8O2/c1-11(31)18-19(13-7-14-4-5-15(8-13)27-14)29-21-16(10-26-30(21)20(18)23)12-3-6-17(25-9-12)28-22(32)24-2/h3,6,9-10,13-15,27H,4-5,7-8,23H2,1-2H3,(H2,24,25,28,32)/t13-,14-,15+. The Balaban J connectivity index is 1.58. The highest BCUT2D eigenvalue weighted by molar-refractivity contribution is 6.00. The van der Waals surface area contributed by atoms with Crippen molar-refractivity contribution in [1.82, 2.24) is 30.2 Å². The molecule has 2 saturated heterocycles. The number of urea groups is 1. The van der Waals surface area contributed by atoms with Gasteiger partial charge >= 0.3 is 6.03 Å². The van der Waals surface area contributed by atoms with Gasteiger partial charge < -0.3 is 16.4 Å². The number of ketones is 1. The van der Waals surface area contributed by atoms with E-state index >= 15 is 0 Å². The van der Waals surface area contributed by atoms with E-state index in [9.17, 15) is 9.59 Å². The van der Waals surface area contributed by atoms with Crippen molar-refractivity contribution in [2.75, 3.05) is 18.1 Å². The maximum Gasteiger partial charge on any atom is 0.320 e. The minimum Gasteiger partial charge on any atom is -0.383 e. The van der Waals surface area contributed by atoms with Gasteiger partial charge in [-0.25, -0.2) is 14.8 Å². The normalized spacial score (nSPS) is 22.1. The van der Waals surface area contributed by atoms with Crippen molar-refractivity contribution >= 4 is 29.1 Å². The minimum atomic E-state index is -0.340. The summed E-state index contributed by atoms with van der Waals surface area (Å²) in [4.78, 5) is 33.3. The predicted molar refractivity (Wildman–Crippen MR) is 121 cm³/mol. The fraction of sp³-hybridized carbons (Fsp3) is 0.409. The van der Waals surface area contributed by atoms with Crippen LogP contribution in [0.3, 0.4) is 0 Å². The van der Waals surface area contributed by atoms with Crippen LogP contribution >= 0.6 is 0 Å². The number of carbonyl (C=O) groups excluding carboxylic acids is 2. The molecule has 2 aliphatic heterocycles. The molecule has 2 bridgehead atoms. The molecule has 10 heteroatoms. The summed E-state index contributed by atoms with van der Waals surface area (Å²) in [5, 5.41) is 13.2. The quantitative estimate of drug-likeness (QED) is 0.462. The monoisotopic (exact) mass is 434 g/mol. The number of anilines is 2. The van der Waals surface area contributed by atoms with E-state index in [1.54, 1.807) is 25.5 Å². The van der Waals surface area contributed by atoms with E-state index in [4.69, 9.17) is 10.7 Å². The van der Waals surface area contributed by atoms with Gasteiger partial charge in [-0.05, 0) is 44.7 Å². The van der Waals surface area contributed by atoms with E-state index in [1.807, 2.05) is 6.07 Å². The first-order chi connectivity index (χ1) is 15.4. The topological polar surface area (TPSA) is 139 Å². The van der Waals surface area contributed by atoms with Crippen LogP contribution in [0.25, 0.3) is 16.8 Å². The summed E-state index contributed by atoms with van der Waals surface area (Å²) < 4.78 is 1.53. The lowest BCUT2D eigenvalue weighted by atomic mass is 9.86. The zero-order valence-electron chi connectivity index (χ0n) is 18.1. The molecule has 166 valence electrons. The maximum absolute atomic E-state index is 12.6. The summed E-state index contributed by atoms with van der Waals surface area (Å²) in [5.41, 5.74) is 9.86. The second-order valence-corrected chi connectivity index (χ2v) is 8.55. The Kier molecular flexibility index (Phi) is 5.01. The number of aromatic nitrogens is 4. The van der Waals surface area contributed by atoms with Crippen LogP contribution in [-0.2, 0) is 0 Å². The molecule has 3 aromatic rings. The maximum atomic E-state index is 12.6. The highest BCUT2D eigenvalue weighted by atomic mass is 16.2. The number of rotatable bonds is 4. The second kappa shape index (κ2) is 7.86. The Morgan fingerprint density at radius 1 is 1.19 bits per heavy atom. The van der Waals surface area contributed by atoms with Gasteiger partial charge in [0.1, 0.15) is 11.6 Å². The molecule has 3 atom stereocenters. The Bertz CT molecular complexity index is 1190. The van der Waals surface area contributed by atoms with E-state index in [-0.39, 0.29) is 17.7 Å². The van der Waals surface area contributed by atoms with Gasteiger partial charge in [0.15, 0.2) is 11.4 Å². The number of Topliss-reactive ketones (excluding diaryl/α,β-unsaturated/α-hetero) is 1. The fourth-order valence-electron chi connectivity index (χ4n) is 4.98. The first-order valence-electron chi connectivity index (χ1n) is 10.8. The molecule has 5 heterocycles. The Hall–Kier alpha value is -3.53. The first-order valence-corrected chi connectivity index (χ1v) is 10.8. The summed E-state index contributed by atoms with van der Waals surface area (Å²) in [5.74, 6) is 0.836. The molecule has 5 N–H and O–H groups in total. The number of pyridine rings is 1. The minimum absolute atomic E-state index is 0.0962. The molecule has 0 saturated carbocycles. The number of nitrogens with zero attached hydrogens (tertiary/aromatic N) is 4. The predicted octanol–water partition coefficient (Wildman–Crippen LogP) is 2.33. The summed E-state index contributed by atoms with van der Waals surface area (Å²) in [6, 6.07) is 4.15. The van der Waals surface area contributed by atoms with Crippen LogP contribution in [0.1, 0.15) is 54.6 Å². The zero-order valence-corrected chi connectivity index (χ0v) is 18.1. The van der Waals surface area contributed by atoms with Gasteiger partial charge in [-0.15, -0.1) is 0 Å². The molecule has 32 heavy (non-hydrogen) atoms. The number of nitrogen functional groups attached to an aromatic ring is 1. The number of hydrogen-bond acceptors (Lipinski definition) is 7. The van der Waals surface area contributed by atoms with E-state index in [2.05, 4.69) is 26.0 Å². The van der Waals surface area contributed by atoms with Crippen LogP contribution in [0.5, 0.6) is 0 Å². The number of piperidine rings is 1. The van der Waals surface area contributed by atoms with Crippen LogP contribution in [-0.4, -0.2) is 50.5 Å². The molecule has 10 nitrogen and oxygen atoms in total. The van der Waals surface area contributed by atoms with Crippen LogP contribution in [0.15, 0.2) is 24.5 Å². The molecule has 0 aliphatic carbocycles. The van der Waals surface area contributed by atoms with E-state index in [0.29, 0.717) is 34.9 Å². The smallest absolute Gasteiger partial charge is 0.320 e. The molecule has 0 aromatic carbocycles. The number of fused-ring (bicyclic) bond motifs is 3. The van der Waals surface area contributed by atoms with Gasteiger partial charge in [-0.3, -0.25) is 10.1 Å². The fourth-order valence-corrected chi connectivity index (χ4v) is 4.98. The second-order valence-electron chi connectivity index (χ2n) is 8.55. The first kappa shape index (κ1) is 20.4. The van der Waals surface area contributed by atoms with Crippen molar-refractivity contribution < 1.29 is 9.59 Å². The molecule has 5 rings (SSSR count). The highest BCUT2D eigenvalue weighted by Gasteiger charge is 2.37. The summed E-state index contributed by atoms with van der Waals surface area (Å²) in [7, 11) is 1.54. The van der Waals surface area contributed by atoms with Gasteiger partial charge in [0, 0.05) is 42.4 Å².